The number of para-hydroxylation sites is 2. The smallest absolute Gasteiger partial charge is 0.311 e. The maximum absolute atomic E-state index is 11.0. The number of hydrogen-bond acceptors (Lipinski definition) is 7. The van der Waals surface area contributed by atoms with Crippen molar-refractivity contribution in [1.82, 2.24) is 9.97 Å². The second-order valence-electron chi connectivity index (χ2n) is 3.94. The fourth-order valence-electron chi connectivity index (χ4n) is 1.63. The van der Waals surface area contributed by atoms with Crippen LogP contribution in [0, 0.1) is 10.1 Å². The molecule has 110 valence electrons. The molecule has 0 bridgehead atoms. The van der Waals surface area contributed by atoms with Crippen LogP contribution in [0.25, 0.3) is 0 Å². The van der Waals surface area contributed by atoms with Gasteiger partial charge in [0.05, 0.1) is 4.92 Å². The molecular formula is C13H14N4O3S. The van der Waals surface area contributed by atoms with E-state index in [1.165, 1.54) is 23.9 Å². The minimum Gasteiger partial charge on any atom is -0.432 e. The van der Waals surface area contributed by atoms with Crippen molar-refractivity contribution in [2.45, 2.75) is 12.1 Å². The third-order valence-corrected chi connectivity index (χ3v) is 3.05. The van der Waals surface area contributed by atoms with Crippen molar-refractivity contribution < 1.29 is 9.66 Å². The predicted molar refractivity (Wildman–Crippen MR) is 81.1 cm³/mol. The number of thioether (sulfide) groups is 1. The van der Waals surface area contributed by atoms with Gasteiger partial charge in [-0.15, -0.1) is 0 Å². The van der Waals surface area contributed by atoms with Gasteiger partial charge in [0.15, 0.2) is 5.16 Å². The number of nitrogens with one attached hydrogen (secondary N) is 1. The second-order valence-corrected chi connectivity index (χ2v) is 4.71. The summed E-state index contributed by atoms with van der Waals surface area (Å²) in [6.45, 7) is 2.65. The Morgan fingerprint density at radius 3 is 2.81 bits per heavy atom. The first-order valence-corrected chi connectivity index (χ1v) is 7.44. The molecule has 0 aliphatic rings. The molecule has 0 saturated carbocycles. The van der Waals surface area contributed by atoms with Gasteiger partial charge in [-0.25, -0.2) is 4.98 Å². The quantitative estimate of drug-likeness (QED) is 0.379. The topological polar surface area (TPSA) is 90.2 Å². The minimum absolute atomic E-state index is 0.105. The zero-order chi connectivity index (χ0) is 15.2. The highest BCUT2D eigenvalue weighted by atomic mass is 32.2. The summed E-state index contributed by atoms with van der Waals surface area (Å²) in [6.07, 6.45) is 1.85. The molecule has 0 fully saturated rings. The molecule has 0 aliphatic heterocycles. The summed E-state index contributed by atoms with van der Waals surface area (Å²) in [5.41, 5.74) is -0.105. The van der Waals surface area contributed by atoms with Crippen LogP contribution in [0.4, 0.5) is 11.5 Å². The lowest BCUT2D eigenvalue weighted by atomic mass is 10.3. The fourth-order valence-corrected chi connectivity index (χ4v) is 2.00. The third-order valence-electron chi connectivity index (χ3n) is 2.50. The van der Waals surface area contributed by atoms with E-state index in [0.29, 0.717) is 17.5 Å². The summed E-state index contributed by atoms with van der Waals surface area (Å²) in [5.74, 6) is 1.03. The van der Waals surface area contributed by atoms with Gasteiger partial charge in [0, 0.05) is 18.7 Å². The summed E-state index contributed by atoms with van der Waals surface area (Å²) in [6, 6.07) is 7.79. The molecule has 0 radical (unpaired) electrons. The van der Waals surface area contributed by atoms with Crippen molar-refractivity contribution in [3.05, 3.63) is 40.4 Å². The van der Waals surface area contributed by atoms with Crippen LogP contribution in [0.15, 0.2) is 35.5 Å². The molecule has 0 aliphatic carbocycles. The van der Waals surface area contributed by atoms with Crippen LogP contribution < -0.4 is 10.1 Å². The molecule has 0 saturated heterocycles. The number of aromatic nitrogens is 2. The van der Waals surface area contributed by atoms with E-state index in [2.05, 4.69) is 15.3 Å². The van der Waals surface area contributed by atoms with Crippen LogP contribution in [-0.4, -0.2) is 27.7 Å². The van der Waals surface area contributed by atoms with E-state index >= 15 is 0 Å². The molecule has 8 heteroatoms. The molecule has 1 aromatic carbocycles. The summed E-state index contributed by atoms with van der Waals surface area (Å²) in [5, 5.41) is 14.6. The van der Waals surface area contributed by atoms with E-state index in [0.717, 1.165) is 0 Å². The van der Waals surface area contributed by atoms with Gasteiger partial charge in [-0.1, -0.05) is 23.9 Å². The zero-order valence-corrected chi connectivity index (χ0v) is 12.4. The van der Waals surface area contributed by atoms with Crippen LogP contribution in [0.5, 0.6) is 11.6 Å². The Hall–Kier alpha value is -2.35. The maximum atomic E-state index is 11.0. The SMILES string of the molecule is CCNc1cc(Oc2ccccc2[N+](=O)[O-])nc(SC)n1. The number of hydrogen-bond donors (Lipinski definition) is 1. The Morgan fingerprint density at radius 1 is 1.38 bits per heavy atom. The standard InChI is InChI=1S/C13H14N4O3S/c1-3-14-11-8-12(16-13(15-11)21-2)20-10-7-5-4-6-9(10)17(18)19/h4-8H,3H2,1-2H3,(H,14,15,16). The Balaban J connectivity index is 2.35. The van der Waals surface area contributed by atoms with Gasteiger partial charge in [-0.05, 0) is 19.2 Å². The van der Waals surface area contributed by atoms with Crippen LogP contribution in [-0.2, 0) is 0 Å². The first-order valence-electron chi connectivity index (χ1n) is 6.22. The molecule has 2 aromatic rings. The Labute approximate surface area is 125 Å². The number of anilines is 1. The van der Waals surface area contributed by atoms with Gasteiger partial charge >= 0.3 is 5.69 Å². The number of benzene rings is 1. The molecule has 21 heavy (non-hydrogen) atoms. The normalized spacial score (nSPS) is 10.2. The maximum Gasteiger partial charge on any atom is 0.311 e. The molecule has 7 nitrogen and oxygen atoms in total. The zero-order valence-electron chi connectivity index (χ0n) is 11.6. The van der Waals surface area contributed by atoms with Crippen molar-refractivity contribution in [3.8, 4) is 11.6 Å². The van der Waals surface area contributed by atoms with E-state index in [1.54, 1.807) is 18.2 Å². The molecule has 0 amide bonds. The number of ether oxygens (including phenoxy) is 1. The molecule has 2 rings (SSSR count). The third kappa shape index (κ3) is 3.82. The number of nitro groups is 1. The van der Waals surface area contributed by atoms with Gasteiger partial charge in [-0.2, -0.15) is 4.98 Å². The largest absolute Gasteiger partial charge is 0.432 e. The van der Waals surface area contributed by atoms with Crippen LogP contribution >= 0.6 is 11.8 Å². The van der Waals surface area contributed by atoms with Crippen LogP contribution in [0.3, 0.4) is 0 Å². The highest BCUT2D eigenvalue weighted by Gasteiger charge is 2.16. The van der Waals surface area contributed by atoms with Crippen molar-refractivity contribution in [2.24, 2.45) is 0 Å². The average molecular weight is 306 g/mol. The van der Waals surface area contributed by atoms with E-state index in [9.17, 15) is 10.1 Å². The van der Waals surface area contributed by atoms with Gasteiger partial charge < -0.3 is 10.1 Å². The van der Waals surface area contributed by atoms with Crippen molar-refractivity contribution in [1.29, 1.82) is 0 Å². The van der Waals surface area contributed by atoms with E-state index in [-0.39, 0.29) is 17.3 Å². The molecule has 1 heterocycles. The summed E-state index contributed by atoms with van der Waals surface area (Å²) in [7, 11) is 0. The first-order chi connectivity index (χ1) is 10.1. The van der Waals surface area contributed by atoms with E-state index in [1.807, 2.05) is 13.2 Å². The highest BCUT2D eigenvalue weighted by Crippen LogP contribution is 2.31. The molecule has 1 aromatic heterocycles. The lowest BCUT2D eigenvalue weighted by molar-refractivity contribution is -0.385. The molecular weight excluding hydrogens is 292 g/mol. The van der Waals surface area contributed by atoms with E-state index in [4.69, 9.17) is 4.74 Å². The Bertz CT molecular complexity index is 651. The van der Waals surface area contributed by atoms with Gasteiger partial charge in [0.2, 0.25) is 11.6 Å². The van der Waals surface area contributed by atoms with Gasteiger partial charge in [-0.3, -0.25) is 10.1 Å². The molecule has 0 atom stereocenters. The van der Waals surface area contributed by atoms with Gasteiger partial charge in [0.25, 0.3) is 0 Å². The van der Waals surface area contributed by atoms with Crippen LogP contribution in [0.2, 0.25) is 0 Å². The second kappa shape index (κ2) is 6.89. The fraction of sp³-hybridized carbons (Fsp3) is 0.231. The number of nitro benzene ring substituents is 1. The summed E-state index contributed by atoms with van der Waals surface area (Å²) >= 11 is 1.37. The summed E-state index contributed by atoms with van der Waals surface area (Å²) in [4.78, 5) is 19.0. The van der Waals surface area contributed by atoms with Crippen molar-refractivity contribution in [3.63, 3.8) is 0 Å². The van der Waals surface area contributed by atoms with Crippen molar-refractivity contribution in [2.75, 3.05) is 18.1 Å². The average Bonchev–Trinajstić information content (AvgIpc) is 2.47. The molecule has 0 spiro atoms. The monoisotopic (exact) mass is 306 g/mol. The Kier molecular flexibility index (Phi) is 4.94. The Morgan fingerprint density at radius 2 is 2.14 bits per heavy atom. The molecule has 1 N–H and O–H groups in total. The number of nitrogens with zero attached hydrogens (tertiary/aromatic N) is 3. The van der Waals surface area contributed by atoms with E-state index < -0.39 is 4.92 Å². The number of rotatable bonds is 6. The highest BCUT2D eigenvalue weighted by molar-refractivity contribution is 7.98. The lowest BCUT2D eigenvalue weighted by Crippen LogP contribution is -2.02. The summed E-state index contributed by atoms with van der Waals surface area (Å²) < 4.78 is 5.55. The van der Waals surface area contributed by atoms with Crippen LogP contribution in [0.1, 0.15) is 6.92 Å². The minimum atomic E-state index is -0.489. The lowest BCUT2D eigenvalue weighted by Gasteiger charge is -2.09. The molecule has 0 unspecified atom stereocenters. The van der Waals surface area contributed by atoms with Gasteiger partial charge in [0.1, 0.15) is 5.82 Å². The van der Waals surface area contributed by atoms with Crippen molar-refractivity contribution >= 4 is 23.3 Å². The predicted octanol–water partition coefficient (Wildman–Crippen LogP) is 3.33. The first kappa shape index (κ1) is 15.0.